The Morgan fingerprint density at radius 3 is 2.65 bits per heavy atom. The quantitative estimate of drug-likeness (QED) is 0.295. The Balaban J connectivity index is 1.35. The second-order valence-electron chi connectivity index (χ2n) is 13.2. The molecule has 6 rings (SSSR count). The van der Waals surface area contributed by atoms with Gasteiger partial charge in [-0.3, -0.25) is 14.4 Å². The van der Waals surface area contributed by atoms with E-state index in [2.05, 4.69) is 4.98 Å². The van der Waals surface area contributed by atoms with Crippen LogP contribution < -0.4 is 9.47 Å². The molecule has 2 aliphatic carbocycles. The first-order valence-corrected chi connectivity index (χ1v) is 16.9. The molecular weight excluding hydrogens is 609 g/mol. The zero-order valence-electron chi connectivity index (χ0n) is 26.6. The summed E-state index contributed by atoms with van der Waals surface area (Å²) in [4.78, 5) is 51.1. The van der Waals surface area contributed by atoms with Gasteiger partial charge in [0.1, 0.15) is 33.9 Å². The van der Waals surface area contributed by atoms with Gasteiger partial charge in [0.15, 0.2) is 11.6 Å². The number of amides is 1. The number of hydrogen-bond acceptors (Lipinski definition) is 8. The van der Waals surface area contributed by atoms with Crippen molar-refractivity contribution < 1.29 is 33.4 Å². The van der Waals surface area contributed by atoms with Crippen LogP contribution in [-0.2, 0) is 14.4 Å². The summed E-state index contributed by atoms with van der Waals surface area (Å²) in [7, 11) is 3.15. The van der Waals surface area contributed by atoms with Crippen molar-refractivity contribution in [3.8, 4) is 22.2 Å². The zero-order chi connectivity index (χ0) is 32.7. The van der Waals surface area contributed by atoms with E-state index in [1.54, 1.807) is 24.1 Å². The summed E-state index contributed by atoms with van der Waals surface area (Å²) in [6.45, 7) is 4.67. The van der Waals surface area contributed by atoms with Gasteiger partial charge in [0.05, 0.1) is 24.1 Å². The van der Waals surface area contributed by atoms with E-state index in [1.807, 2.05) is 31.4 Å². The van der Waals surface area contributed by atoms with Gasteiger partial charge in [-0.05, 0) is 62.5 Å². The molecule has 3 aliphatic rings. The number of pyridine rings is 1. The lowest BCUT2D eigenvalue weighted by atomic mass is 9.84. The van der Waals surface area contributed by atoms with Crippen molar-refractivity contribution in [1.29, 1.82) is 0 Å². The molecular formula is C35H40FN3O6S. The van der Waals surface area contributed by atoms with Crippen molar-refractivity contribution in [2.75, 3.05) is 20.7 Å². The molecule has 0 spiro atoms. The lowest BCUT2D eigenvalue weighted by Gasteiger charge is -2.25. The molecule has 2 aromatic heterocycles. The molecule has 1 N–H and O–H groups in total. The van der Waals surface area contributed by atoms with Crippen molar-refractivity contribution in [3.63, 3.8) is 0 Å². The van der Waals surface area contributed by atoms with Gasteiger partial charge in [-0.25, -0.2) is 14.4 Å². The van der Waals surface area contributed by atoms with E-state index in [0.29, 0.717) is 34.8 Å². The number of benzene rings is 1. The van der Waals surface area contributed by atoms with Crippen molar-refractivity contribution in [3.05, 3.63) is 47.2 Å². The monoisotopic (exact) mass is 649 g/mol. The Labute approximate surface area is 271 Å². The fourth-order valence-corrected chi connectivity index (χ4v) is 7.90. The smallest absolute Gasteiger partial charge is 0.310 e. The van der Waals surface area contributed by atoms with Crippen LogP contribution in [0.2, 0.25) is 0 Å². The van der Waals surface area contributed by atoms with Crippen LogP contribution in [0.15, 0.2) is 35.7 Å². The molecule has 1 amide bonds. The van der Waals surface area contributed by atoms with Crippen LogP contribution >= 0.6 is 11.3 Å². The number of aliphatic carboxylic acids is 1. The van der Waals surface area contributed by atoms with Crippen LogP contribution in [0.25, 0.3) is 21.6 Å². The van der Waals surface area contributed by atoms with Gasteiger partial charge in [-0.2, -0.15) is 0 Å². The Bertz CT molecular complexity index is 1700. The molecule has 0 radical (unpaired) electrons. The number of carboxylic acids is 1. The lowest BCUT2D eigenvalue weighted by Crippen LogP contribution is -2.38. The average Bonchev–Trinajstić information content (AvgIpc) is 3.33. The predicted octanol–water partition coefficient (Wildman–Crippen LogP) is 6.65. The van der Waals surface area contributed by atoms with Crippen LogP contribution in [-0.4, -0.2) is 64.4 Å². The summed E-state index contributed by atoms with van der Waals surface area (Å²) in [5, 5.41) is 13.1. The van der Waals surface area contributed by atoms with Crippen LogP contribution in [0.3, 0.4) is 0 Å². The van der Waals surface area contributed by atoms with Gasteiger partial charge in [-0.1, -0.05) is 26.0 Å². The number of halogens is 1. The third-order valence-corrected chi connectivity index (χ3v) is 10.7. The fraction of sp³-hybridized carbons (Fsp3) is 0.514. The summed E-state index contributed by atoms with van der Waals surface area (Å²) in [6, 6.07) is 4.95. The van der Waals surface area contributed by atoms with E-state index in [9.17, 15) is 19.5 Å². The van der Waals surface area contributed by atoms with Gasteiger partial charge < -0.3 is 19.5 Å². The molecule has 3 aromatic rings. The molecule has 0 unspecified atom stereocenters. The predicted molar refractivity (Wildman–Crippen MR) is 173 cm³/mol. The number of allylic oxidation sites excluding steroid dienone is 2. The molecule has 9 nitrogen and oxygen atoms in total. The molecule has 244 valence electrons. The Morgan fingerprint density at radius 1 is 1.15 bits per heavy atom. The van der Waals surface area contributed by atoms with Crippen molar-refractivity contribution in [1.82, 2.24) is 14.9 Å². The number of methoxy groups -OCH3 is 1. The van der Waals surface area contributed by atoms with Crippen molar-refractivity contribution >= 4 is 39.9 Å². The second kappa shape index (κ2) is 12.7. The molecule has 1 aliphatic heterocycles. The number of nitrogens with zero attached hydrogens (tertiary/aromatic N) is 3. The van der Waals surface area contributed by atoms with E-state index >= 15 is 4.39 Å². The number of Topliss-reactive ketones (excluding diaryl/α,β-unsaturated/α-hetero) is 1. The topological polar surface area (TPSA) is 119 Å². The summed E-state index contributed by atoms with van der Waals surface area (Å²) < 4.78 is 27.4. The number of hydrogen-bond donors (Lipinski definition) is 1. The van der Waals surface area contributed by atoms with E-state index in [-0.39, 0.29) is 54.1 Å². The first-order chi connectivity index (χ1) is 22.0. The molecule has 0 bridgehead atoms. The molecule has 0 saturated heterocycles. The first kappa shape index (κ1) is 32.1. The van der Waals surface area contributed by atoms with E-state index in [1.165, 1.54) is 24.5 Å². The van der Waals surface area contributed by atoms with Gasteiger partial charge in [0, 0.05) is 42.8 Å². The third-order valence-electron chi connectivity index (χ3n) is 9.85. The summed E-state index contributed by atoms with van der Waals surface area (Å²) in [5.74, 6) is -2.80. The maximum Gasteiger partial charge on any atom is 0.310 e. The van der Waals surface area contributed by atoms with Gasteiger partial charge >= 0.3 is 5.97 Å². The molecule has 5 atom stereocenters. The summed E-state index contributed by atoms with van der Waals surface area (Å²) in [6.07, 6.45) is 6.78. The fourth-order valence-electron chi connectivity index (χ4n) is 6.96. The van der Waals surface area contributed by atoms with Gasteiger partial charge in [0.2, 0.25) is 5.91 Å². The number of fused-ring (bicyclic) bond motifs is 3. The summed E-state index contributed by atoms with van der Waals surface area (Å²) >= 11 is 1.41. The Kier molecular flexibility index (Phi) is 8.89. The normalized spacial score (nSPS) is 27.7. The molecule has 1 aromatic carbocycles. The highest BCUT2D eigenvalue weighted by Crippen LogP contribution is 2.57. The number of carboxylic acid groups (broad SMARTS) is 1. The highest BCUT2D eigenvalue weighted by atomic mass is 32.1. The lowest BCUT2D eigenvalue weighted by molar-refractivity contribution is -0.147. The van der Waals surface area contributed by atoms with Crippen molar-refractivity contribution in [2.45, 2.75) is 70.8 Å². The van der Waals surface area contributed by atoms with Crippen LogP contribution in [0, 0.1) is 29.0 Å². The average molecular weight is 650 g/mol. The van der Waals surface area contributed by atoms with E-state index < -0.39 is 35.1 Å². The Hall–Kier alpha value is -3.86. The number of carbonyl (C=O) groups excluding carboxylic acids is 2. The number of ketones is 1. The number of aromatic nitrogens is 2. The largest absolute Gasteiger partial charge is 0.494 e. The van der Waals surface area contributed by atoms with Crippen LogP contribution in [0.4, 0.5) is 4.39 Å². The minimum absolute atomic E-state index is 0.0508. The maximum absolute atomic E-state index is 15.6. The minimum atomic E-state index is -1.12. The maximum atomic E-state index is 15.6. The second-order valence-corrected chi connectivity index (χ2v) is 14.1. The molecule has 2 fully saturated rings. The van der Waals surface area contributed by atoms with Crippen molar-refractivity contribution in [2.24, 2.45) is 23.2 Å². The molecule has 2 saturated carbocycles. The standard InChI is InChI=1S/C35H40FN3O6S/c1-19(2)26-18-46-32(38-26)25-15-29(22-10-11-28(44-4)30(36)31(22)37-25)45-21-13-23-24(14-21)33(41)39(3)12-8-6-5-7-9-20-16-35(20,34(42)43)17-27(23)40/h7,9-11,15,18-21,23-24H,5-6,8,12-14,16-17H2,1-4H3,(H,42,43)/b9-7-/t20-,21+,23+,24+,35+/m0/s1. The number of rotatable bonds is 6. The first-order valence-electron chi connectivity index (χ1n) is 16.0. The number of ether oxygens (including phenoxy) is 2. The molecule has 3 heterocycles. The third kappa shape index (κ3) is 6.01. The SMILES string of the molecule is COc1ccc2c(O[C@@H]3C[C@H]4C(=O)C[C@]5(C(=O)O)C[C@@H]5/C=C\CCCCN(C)C(=O)[C@@H]4C3)cc(-c3nc(C(C)C)cs3)nc2c1F. The van der Waals surface area contributed by atoms with Gasteiger partial charge in [-0.15, -0.1) is 11.3 Å². The van der Waals surface area contributed by atoms with E-state index in [4.69, 9.17) is 14.5 Å². The zero-order valence-corrected chi connectivity index (χ0v) is 27.4. The number of carbonyl (C=O) groups is 3. The molecule has 11 heteroatoms. The number of thiazole rings is 1. The Morgan fingerprint density at radius 2 is 1.93 bits per heavy atom. The van der Waals surface area contributed by atoms with Gasteiger partial charge in [0.25, 0.3) is 0 Å². The summed E-state index contributed by atoms with van der Waals surface area (Å²) in [5.41, 5.74) is 0.311. The van der Waals surface area contributed by atoms with Crippen LogP contribution in [0.5, 0.6) is 11.5 Å². The van der Waals surface area contributed by atoms with E-state index in [0.717, 1.165) is 25.0 Å². The minimum Gasteiger partial charge on any atom is -0.494 e. The highest BCUT2D eigenvalue weighted by molar-refractivity contribution is 7.13. The molecule has 46 heavy (non-hydrogen) atoms. The highest BCUT2D eigenvalue weighted by Gasteiger charge is 2.61. The van der Waals surface area contributed by atoms with Crippen LogP contribution in [0.1, 0.15) is 70.4 Å².